The molecule has 0 aliphatic heterocycles. The molecule has 0 aliphatic rings. The van der Waals surface area contributed by atoms with Gasteiger partial charge in [0.1, 0.15) is 5.75 Å². The molecule has 138 valence electrons. The molecule has 1 aromatic heterocycles. The Morgan fingerprint density at radius 1 is 1.04 bits per heavy atom. The maximum absolute atomic E-state index is 12.7. The molecule has 1 N–H and O–H groups in total. The highest BCUT2D eigenvalue weighted by atomic mass is 16.5. The minimum atomic E-state index is -0.572. The summed E-state index contributed by atoms with van der Waals surface area (Å²) < 4.78 is 5.28. The highest BCUT2D eigenvalue weighted by Crippen LogP contribution is 2.26. The molecule has 5 heteroatoms. The number of pyridine rings is 1. The lowest BCUT2D eigenvalue weighted by atomic mass is 9.91. The number of hydrogen-bond acceptors (Lipinski definition) is 5. The molecule has 0 unspecified atom stereocenters. The number of ketones is 1. The van der Waals surface area contributed by atoms with Gasteiger partial charge in [0.05, 0.1) is 16.8 Å². The van der Waals surface area contributed by atoms with Gasteiger partial charge in [-0.15, -0.1) is 0 Å². The normalized spacial score (nSPS) is 11.4. The lowest BCUT2D eigenvalue weighted by Gasteiger charge is -2.16. The summed E-state index contributed by atoms with van der Waals surface area (Å²) in [6, 6.07) is 15.5. The van der Waals surface area contributed by atoms with E-state index in [4.69, 9.17) is 4.74 Å². The fraction of sp³-hybridized carbons (Fsp3) is 0.227. The summed E-state index contributed by atoms with van der Waals surface area (Å²) in [5.74, 6) is -0.556. The molecule has 3 aromatic rings. The van der Waals surface area contributed by atoms with Crippen molar-refractivity contribution in [2.75, 3.05) is 6.61 Å². The molecule has 0 aliphatic carbocycles. The SMILES string of the molecule is CC(C)(C)C(=O)COC(=O)c1cc(-c2ccc(O)cc2)nc2ccccc12. The van der Waals surface area contributed by atoms with Crippen molar-refractivity contribution in [2.45, 2.75) is 20.8 Å². The number of rotatable bonds is 4. The summed E-state index contributed by atoms with van der Waals surface area (Å²) in [7, 11) is 0. The third-order valence-electron chi connectivity index (χ3n) is 4.27. The molecule has 0 saturated heterocycles. The lowest BCUT2D eigenvalue weighted by molar-refractivity contribution is -0.129. The zero-order valence-electron chi connectivity index (χ0n) is 15.5. The highest BCUT2D eigenvalue weighted by molar-refractivity contribution is 6.05. The van der Waals surface area contributed by atoms with Crippen LogP contribution >= 0.6 is 0 Å². The summed E-state index contributed by atoms with van der Waals surface area (Å²) in [5.41, 5.74) is 1.78. The number of aromatic hydroxyl groups is 1. The number of phenols is 1. The summed E-state index contributed by atoms with van der Waals surface area (Å²) in [4.78, 5) is 29.4. The largest absolute Gasteiger partial charge is 0.508 e. The van der Waals surface area contributed by atoms with Crippen molar-refractivity contribution in [1.29, 1.82) is 0 Å². The molecule has 2 aromatic carbocycles. The van der Waals surface area contributed by atoms with E-state index in [2.05, 4.69) is 4.98 Å². The van der Waals surface area contributed by atoms with Gasteiger partial charge in [-0.25, -0.2) is 9.78 Å². The van der Waals surface area contributed by atoms with Crippen molar-refractivity contribution in [3.05, 3.63) is 60.2 Å². The molecule has 5 nitrogen and oxygen atoms in total. The molecule has 3 rings (SSSR count). The van der Waals surface area contributed by atoms with Gasteiger partial charge in [0.15, 0.2) is 12.4 Å². The number of nitrogens with zero attached hydrogens (tertiary/aromatic N) is 1. The van der Waals surface area contributed by atoms with Crippen LogP contribution in [0.2, 0.25) is 0 Å². The standard InChI is InChI=1S/C22H21NO4/c1-22(2,3)20(25)13-27-21(26)17-12-19(14-8-10-15(24)11-9-14)23-18-7-5-4-6-16(17)18/h4-12,24H,13H2,1-3H3. The molecule has 27 heavy (non-hydrogen) atoms. The fourth-order valence-corrected chi connectivity index (χ4v) is 2.55. The number of hydrogen-bond donors (Lipinski definition) is 1. The van der Waals surface area contributed by atoms with Crippen molar-refractivity contribution < 1.29 is 19.4 Å². The molecule has 0 amide bonds. The molecule has 0 radical (unpaired) electrons. The Balaban J connectivity index is 1.99. The number of aromatic nitrogens is 1. The second kappa shape index (κ2) is 7.19. The van der Waals surface area contributed by atoms with Gasteiger partial charge in [-0.2, -0.15) is 0 Å². The average molecular weight is 363 g/mol. The second-order valence-electron chi connectivity index (χ2n) is 7.37. The van der Waals surface area contributed by atoms with E-state index < -0.39 is 11.4 Å². The molecule has 0 atom stereocenters. The molecule has 0 bridgehead atoms. The minimum absolute atomic E-state index is 0.145. The van der Waals surface area contributed by atoms with Gasteiger partial charge in [-0.1, -0.05) is 39.0 Å². The Kier molecular flexibility index (Phi) is 4.95. The van der Waals surface area contributed by atoms with Crippen LogP contribution < -0.4 is 0 Å². The van der Waals surface area contributed by atoms with Gasteiger partial charge in [0.25, 0.3) is 0 Å². The van der Waals surface area contributed by atoms with E-state index >= 15 is 0 Å². The predicted octanol–water partition coefficient (Wildman–Crippen LogP) is 4.38. The third-order valence-corrected chi connectivity index (χ3v) is 4.27. The van der Waals surface area contributed by atoms with Crippen LogP contribution in [0.4, 0.5) is 0 Å². The van der Waals surface area contributed by atoms with Crippen LogP contribution in [-0.4, -0.2) is 28.4 Å². The Labute approximate surface area is 157 Å². The topological polar surface area (TPSA) is 76.5 Å². The van der Waals surface area contributed by atoms with E-state index in [0.717, 1.165) is 5.56 Å². The average Bonchev–Trinajstić information content (AvgIpc) is 2.64. The highest BCUT2D eigenvalue weighted by Gasteiger charge is 2.23. The second-order valence-corrected chi connectivity index (χ2v) is 7.37. The van der Waals surface area contributed by atoms with E-state index in [1.165, 1.54) is 0 Å². The van der Waals surface area contributed by atoms with Gasteiger partial charge in [-0.05, 0) is 36.4 Å². The summed E-state index contributed by atoms with van der Waals surface area (Å²) in [6.07, 6.45) is 0. The van der Waals surface area contributed by atoms with Crippen LogP contribution in [0.3, 0.4) is 0 Å². The number of carbonyl (C=O) groups excluding carboxylic acids is 2. The molecular formula is C22H21NO4. The van der Waals surface area contributed by atoms with Gasteiger partial charge < -0.3 is 9.84 Å². The van der Waals surface area contributed by atoms with Crippen LogP contribution in [0.5, 0.6) is 5.75 Å². The summed E-state index contributed by atoms with van der Waals surface area (Å²) in [5, 5.41) is 10.1. The van der Waals surface area contributed by atoms with Crippen molar-refractivity contribution in [1.82, 2.24) is 4.98 Å². The van der Waals surface area contributed by atoms with E-state index in [1.54, 1.807) is 57.2 Å². The maximum Gasteiger partial charge on any atom is 0.339 e. The Bertz CT molecular complexity index is 1000. The third kappa shape index (κ3) is 4.14. The lowest BCUT2D eigenvalue weighted by Crippen LogP contribution is -2.26. The Hall–Kier alpha value is -3.21. The number of Topliss-reactive ketones (excluding diaryl/α,β-unsaturated/α-hetero) is 1. The number of phenolic OH excluding ortho intramolecular Hbond substituents is 1. The van der Waals surface area contributed by atoms with Crippen molar-refractivity contribution in [3.8, 4) is 17.0 Å². The maximum atomic E-state index is 12.7. The molecule has 1 heterocycles. The van der Waals surface area contributed by atoms with Crippen LogP contribution in [0.25, 0.3) is 22.2 Å². The van der Waals surface area contributed by atoms with Crippen LogP contribution in [-0.2, 0) is 9.53 Å². The Morgan fingerprint density at radius 3 is 2.37 bits per heavy atom. The zero-order chi connectivity index (χ0) is 19.6. The first-order valence-electron chi connectivity index (χ1n) is 8.65. The molecule has 0 spiro atoms. The molecule has 0 saturated carbocycles. The first-order chi connectivity index (χ1) is 12.8. The van der Waals surface area contributed by atoms with Crippen LogP contribution in [0.15, 0.2) is 54.6 Å². The molecular weight excluding hydrogens is 342 g/mol. The van der Waals surface area contributed by atoms with E-state index in [1.807, 2.05) is 18.2 Å². The fourth-order valence-electron chi connectivity index (χ4n) is 2.55. The van der Waals surface area contributed by atoms with Crippen LogP contribution in [0.1, 0.15) is 31.1 Å². The van der Waals surface area contributed by atoms with E-state index in [-0.39, 0.29) is 18.1 Å². The summed E-state index contributed by atoms with van der Waals surface area (Å²) in [6.45, 7) is 5.09. The van der Waals surface area contributed by atoms with Crippen molar-refractivity contribution >= 4 is 22.7 Å². The van der Waals surface area contributed by atoms with E-state index in [9.17, 15) is 14.7 Å². The molecule has 0 fully saturated rings. The van der Waals surface area contributed by atoms with Crippen molar-refractivity contribution in [2.24, 2.45) is 5.41 Å². The predicted molar refractivity (Wildman–Crippen MR) is 104 cm³/mol. The first-order valence-corrected chi connectivity index (χ1v) is 8.65. The number of ether oxygens (including phenoxy) is 1. The number of carbonyl (C=O) groups is 2. The van der Waals surface area contributed by atoms with Crippen molar-refractivity contribution in [3.63, 3.8) is 0 Å². The summed E-state index contributed by atoms with van der Waals surface area (Å²) >= 11 is 0. The Morgan fingerprint density at radius 2 is 1.70 bits per heavy atom. The van der Waals surface area contributed by atoms with Gasteiger partial charge in [-0.3, -0.25) is 4.79 Å². The number of benzene rings is 2. The minimum Gasteiger partial charge on any atom is -0.508 e. The quantitative estimate of drug-likeness (QED) is 0.696. The zero-order valence-corrected chi connectivity index (χ0v) is 15.5. The van der Waals surface area contributed by atoms with Crippen LogP contribution in [0, 0.1) is 5.41 Å². The monoisotopic (exact) mass is 363 g/mol. The number of esters is 1. The van der Waals surface area contributed by atoms with E-state index in [0.29, 0.717) is 22.2 Å². The number of fused-ring (bicyclic) bond motifs is 1. The van der Waals surface area contributed by atoms with Gasteiger partial charge in [0.2, 0.25) is 0 Å². The smallest absolute Gasteiger partial charge is 0.339 e. The first kappa shape index (κ1) is 18.6. The van der Waals surface area contributed by atoms with Gasteiger partial charge in [0, 0.05) is 16.4 Å². The van der Waals surface area contributed by atoms with Gasteiger partial charge >= 0.3 is 5.97 Å². The number of para-hydroxylation sites is 1.